The van der Waals surface area contributed by atoms with Crippen molar-refractivity contribution >= 4 is 17.5 Å². The van der Waals surface area contributed by atoms with Gasteiger partial charge in [-0.25, -0.2) is 0 Å². The first-order valence-electron chi connectivity index (χ1n) is 11.0. The predicted octanol–water partition coefficient (Wildman–Crippen LogP) is 4.80. The van der Waals surface area contributed by atoms with E-state index in [1.807, 2.05) is 24.3 Å². The Kier molecular flexibility index (Phi) is 6.88. The van der Waals surface area contributed by atoms with E-state index in [9.17, 15) is 4.79 Å². The molecule has 5 nitrogen and oxygen atoms in total. The number of aromatic nitrogens is 3. The molecule has 0 N–H and O–H groups in total. The molecule has 1 aromatic heterocycles. The number of rotatable bonds is 9. The molecule has 1 aliphatic carbocycles. The number of aryl methyl sites for hydroxylation is 2. The van der Waals surface area contributed by atoms with Gasteiger partial charge in [-0.3, -0.25) is 9.69 Å². The number of Topliss-reactive ketones (excluding diaryl/α,β-unsaturated/α-hetero) is 1. The van der Waals surface area contributed by atoms with Crippen molar-refractivity contribution in [2.45, 2.75) is 50.4 Å². The zero-order chi connectivity index (χ0) is 21.8. The van der Waals surface area contributed by atoms with Crippen molar-refractivity contribution in [3.8, 4) is 0 Å². The normalized spacial score (nSPS) is 14.1. The minimum atomic E-state index is 0.148. The van der Waals surface area contributed by atoms with E-state index in [4.69, 9.17) is 0 Å². The van der Waals surface area contributed by atoms with E-state index in [1.54, 1.807) is 0 Å². The first-order valence-corrected chi connectivity index (χ1v) is 12.0. The lowest BCUT2D eigenvalue weighted by Gasteiger charge is -2.23. The monoisotopic (exact) mass is 434 g/mol. The molecule has 3 aromatic rings. The van der Waals surface area contributed by atoms with Crippen LogP contribution in [0.5, 0.6) is 0 Å². The molecular formula is C25H30N4OS. The molecule has 2 aromatic carbocycles. The van der Waals surface area contributed by atoms with Crippen LogP contribution in [0, 0.1) is 0 Å². The SMILES string of the molecule is CCC(c1nnc(SCC(=O)c2ccc3c(c2)CCC3)n1Cc1ccccc1)N(C)C. The maximum Gasteiger partial charge on any atom is 0.192 e. The number of benzene rings is 2. The Bertz CT molecular complexity index is 1040. The number of ketones is 1. The van der Waals surface area contributed by atoms with Crippen molar-refractivity contribution in [3.05, 3.63) is 76.6 Å². The van der Waals surface area contributed by atoms with E-state index >= 15 is 0 Å². The largest absolute Gasteiger partial charge is 0.300 e. The van der Waals surface area contributed by atoms with Gasteiger partial charge in [0.2, 0.25) is 0 Å². The average Bonchev–Trinajstić information content (AvgIpc) is 3.40. The van der Waals surface area contributed by atoms with Gasteiger partial charge in [-0.05, 0) is 62.5 Å². The quantitative estimate of drug-likeness (QED) is 0.358. The lowest BCUT2D eigenvalue weighted by molar-refractivity contribution is 0.102. The molecular weight excluding hydrogens is 404 g/mol. The highest BCUT2D eigenvalue weighted by atomic mass is 32.2. The number of hydrogen-bond donors (Lipinski definition) is 0. The third-order valence-electron chi connectivity index (χ3n) is 5.99. The summed E-state index contributed by atoms with van der Waals surface area (Å²) in [7, 11) is 4.14. The molecule has 6 heteroatoms. The zero-order valence-corrected chi connectivity index (χ0v) is 19.4. The third kappa shape index (κ3) is 4.91. The van der Waals surface area contributed by atoms with E-state index in [-0.39, 0.29) is 11.8 Å². The minimum Gasteiger partial charge on any atom is -0.300 e. The Balaban J connectivity index is 1.55. The fraction of sp³-hybridized carbons (Fsp3) is 0.400. The summed E-state index contributed by atoms with van der Waals surface area (Å²) >= 11 is 1.48. The Morgan fingerprint density at radius 1 is 1.10 bits per heavy atom. The number of hydrogen-bond acceptors (Lipinski definition) is 5. The Hall–Kier alpha value is -2.44. The number of thioether (sulfide) groups is 1. The van der Waals surface area contributed by atoms with Crippen LogP contribution in [0.25, 0.3) is 0 Å². The van der Waals surface area contributed by atoms with Crippen LogP contribution in [0.2, 0.25) is 0 Å². The number of nitrogens with zero attached hydrogens (tertiary/aromatic N) is 4. The Morgan fingerprint density at radius 2 is 1.87 bits per heavy atom. The van der Waals surface area contributed by atoms with Crippen molar-refractivity contribution in [3.63, 3.8) is 0 Å². The van der Waals surface area contributed by atoms with Gasteiger partial charge in [0.15, 0.2) is 16.8 Å². The van der Waals surface area contributed by atoms with Crippen molar-refractivity contribution in [2.24, 2.45) is 0 Å². The number of fused-ring (bicyclic) bond motifs is 1. The van der Waals surface area contributed by atoms with Gasteiger partial charge in [0.25, 0.3) is 0 Å². The second kappa shape index (κ2) is 9.79. The number of carbonyl (C=O) groups is 1. The first-order chi connectivity index (χ1) is 15.1. The highest BCUT2D eigenvalue weighted by Crippen LogP contribution is 2.28. The van der Waals surface area contributed by atoms with Crippen LogP contribution in [-0.2, 0) is 19.4 Å². The van der Waals surface area contributed by atoms with Crippen LogP contribution in [0.4, 0.5) is 0 Å². The predicted molar refractivity (Wildman–Crippen MR) is 126 cm³/mol. The number of carbonyl (C=O) groups excluding carboxylic acids is 1. The summed E-state index contributed by atoms with van der Waals surface area (Å²) in [6.07, 6.45) is 4.35. The molecule has 0 amide bonds. The van der Waals surface area contributed by atoms with E-state index in [1.165, 1.54) is 34.9 Å². The lowest BCUT2D eigenvalue weighted by atomic mass is 10.0. The standard InChI is InChI=1S/C25H30N4OS/c1-4-22(28(2)3)24-26-27-25(29(24)16-18-9-6-5-7-10-18)31-17-23(30)21-14-13-19-11-8-12-20(19)15-21/h5-7,9-10,13-15,22H,4,8,11-12,16-17H2,1-3H3. The van der Waals surface area contributed by atoms with Gasteiger partial charge < -0.3 is 4.57 Å². The third-order valence-corrected chi connectivity index (χ3v) is 6.96. The summed E-state index contributed by atoms with van der Waals surface area (Å²) in [6.45, 7) is 2.86. The molecule has 1 aliphatic rings. The van der Waals surface area contributed by atoms with Crippen LogP contribution in [-0.4, -0.2) is 45.3 Å². The topological polar surface area (TPSA) is 51.0 Å². The summed E-state index contributed by atoms with van der Waals surface area (Å²) in [5, 5.41) is 9.83. The van der Waals surface area contributed by atoms with Gasteiger partial charge >= 0.3 is 0 Å². The average molecular weight is 435 g/mol. The van der Waals surface area contributed by atoms with Gasteiger partial charge in [-0.1, -0.05) is 61.2 Å². The Labute approximate surface area is 188 Å². The molecule has 31 heavy (non-hydrogen) atoms. The van der Waals surface area contributed by atoms with Crippen molar-refractivity contribution in [2.75, 3.05) is 19.8 Å². The molecule has 0 saturated heterocycles. The second-order valence-corrected chi connectivity index (χ2v) is 9.29. The molecule has 0 aliphatic heterocycles. The molecule has 0 radical (unpaired) electrons. The maximum absolute atomic E-state index is 12.9. The molecule has 1 unspecified atom stereocenters. The van der Waals surface area contributed by atoms with Crippen molar-refractivity contribution in [1.29, 1.82) is 0 Å². The zero-order valence-electron chi connectivity index (χ0n) is 18.5. The summed E-state index contributed by atoms with van der Waals surface area (Å²) in [5.41, 5.74) is 4.74. The minimum absolute atomic E-state index is 0.148. The van der Waals surface area contributed by atoms with Gasteiger partial charge in [-0.15, -0.1) is 10.2 Å². The molecule has 1 heterocycles. The van der Waals surface area contributed by atoms with Crippen LogP contribution in [0.15, 0.2) is 53.7 Å². The van der Waals surface area contributed by atoms with Gasteiger partial charge in [0, 0.05) is 5.56 Å². The van der Waals surface area contributed by atoms with E-state index in [0.29, 0.717) is 12.3 Å². The molecule has 162 valence electrons. The fourth-order valence-electron chi connectivity index (χ4n) is 4.31. The summed E-state index contributed by atoms with van der Waals surface area (Å²) in [4.78, 5) is 15.1. The highest BCUT2D eigenvalue weighted by molar-refractivity contribution is 7.99. The molecule has 1 atom stereocenters. The van der Waals surface area contributed by atoms with Crippen LogP contribution >= 0.6 is 11.8 Å². The Morgan fingerprint density at radius 3 is 2.61 bits per heavy atom. The van der Waals surface area contributed by atoms with E-state index in [0.717, 1.165) is 35.8 Å². The van der Waals surface area contributed by atoms with Crippen molar-refractivity contribution < 1.29 is 4.79 Å². The highest BCUT2D eigenvalue weighted by Gasteiger charge is 2.23. The first kappa shape index (κ1) is 21.8. The summed E-state index contributed by atoms with van der Waals surface area (Å²) in [6, 6.07) is 16.7. The van der Waals surface area contributed by atoms with Gasteiger partial charge in [0.1, 0.15) is 0 Å². The maximum atomic E-state index is 12.9. The van der Waals surface area contributed by atoms with Crippen molar-refractivity contribution in [1.82, 2.24) is 19.7 Å². The summed E-state index contributed by atoms with van der Waals surface area (Å²) < 4.78 is 2.17. The molecule has 0 bridgehead atoms. The molecule has 0 saturated carbocycles. The smallest absolute Gasteiger partial charge is 0.192 e. The lowest BCUT2D eigenvalue weighted by Crippen LogP contribution is -2.23. The van der Waals surface area contributed by atoms with Gasteiger partial charge in [0.05, 0.1) is 18.3 Å². The molecule has 0 fully saturated rings. The van der Waals surface area contributed by atoms with Gasteiger partial charge in [-0.2, -0.15) is 0 Å². The van der Waals surface area contributed by atoms with Crippen LogP contribution < -0.4 is 0 Å². The summed E-state index contributed by atoms with van der Waals surface area (Å²) in [5.74, 6) is 1.46. The van der Waals surface area contributed by atoms with E-state index in [2.05, 4.69) is 64.9 Å². The molecule has 0 spiro atoms. The van der Waals surface area contributed by atoms with E-state index < -0.39 is 0 Å². The fourth-order valence-corrected chi connectivity index (χ4v) is 5.14. The second-order valence-electron chi connectivity index (χ2n) is 8.35. The van der Waals surface area contributed by atoms with Crippen LogP contribution in [0.3, 0.4) is 0 Å². The molecule has 4 rings (SSSR count). The van der Waals surface area contributed by atoms with Crippen LogP contribution in [0.1, 0.15) is 58.7 Å².